The fraction of sp³-hybridized carbons (Fsp3) is 0.400. The van der Waals surface area contributed by atoms with E-state index < -0.39 is 18.0 Å². The number of carbonyl (C=O) groups excluding carboxylic acids is 1. The molecule has 21 heavy (non-hydrogen) atoms. The molecule has 0 aromatic heterocycles. The highest BCUT2D eigenvalue weighted by Crippen LogP contribution is 2.18. The second kappa shape index (κ2) is 7.29. The molecule has 0 aliphatic carbocycles. The summed E-state index contributed by atoms with van der Waals surface area (Å²) in [6, 6.07) is 7.14. The van der Waals surface area contributed by atoms with Gasteiger partial charge < -0.3 is 10.4 Å². The smallest absolute Gasteiger partial charge is 0.326 e. The Kier molecular flexibility index (Phi) is 5.73. The zero-order valence-corrected chi connectivity index (χ0v) is 12.3. The Morgan fingerprint density at radius 3 is 2.57 bits per heavy atom. The number of hydrogen-bond donors (Lipinski definition) is 2. The zero-order valence-electron chi connectivity index (χ0n) is 12.3. The minimum absolute atomic E-state index is 0.189. The van der Waals surface area contributed by atoms with Gasteiger partial charge in [0.05, 0.1) is 11.3 Å². The van der Waals surface area contributed by atoms with Gasteiger partial charge in [-0.15, -0.1) is 0 Å². The Hall–Kier alpha value is -2.55. The summed E-state index contributed by atoms with van der Waals surface area (Å²) >= 11 is 0. The van der Waals surface area contributed by atoms with Crippen LogP contribution < -0.4 is 10.2 Å². The molecule has 1 rings (SSSR count). The first kappa shape index (κ1) is 16.5. The largest absolute Gasteiger partial charge is 0.480 e. The van der Waals surface area contributed by atoms with Gasteiger partial charge in [-0.3, -0.25) is 4.90 Å². The fourth-order valence-electron chi connectivity index (χ4n) is 1.88. The second-order valence-corrected chi connectivity index (χ2v) is 4.84. The first-order valence-electron chi connectivity index (χ1n) is 6.68. The van der Waals surface area contributed by atoms with Gasteiger partial charge >= 0.3 is 12.0 Å². The van der Waals surface area contributed by atoms with Gasteiger partial charge in [0.2, 0.25) is 0 Å². The number of aliphatic carboxylic acids is 1. The maximum Gasteiger partial charge on any atom is 0.326 e. The van der Waals surface area contributed by atoms with Crippen molar-refractivity contribution >= 4 is 17.7 Å². The minimum Gasteiger partial charge on any atom is -0.480 e. The molecular weight excluding hydrogens is 270 g/mol. The second-order valence-electron chi connectivity index (χ2n) is 4.84. The highest BCUT2D eigenvalue weighted by Gasteiger charge is 2.27. The number of anilines is 1. The van der Waals surface area contributed by atoms with Gasteiger partial charge in [-0.1, -0.05) is 32.4 Å². The van der Waals surface area contributed by atoms with E-state index >= 15 is 0 Å². The summed E-state index contributed by atoms with van der Waals surface area (Å²) in [4.78, 5) is 24.7. The van der Waals surface area contributed by atoms with Gasteiger partial charge in [-0.2, -0.15) is 5.26 Å². The molecule has 2 N–H and O–H groups in total. The third-order valence-corrected chi connectivity index (χ3v) is 3.45. The fourth-order valence-corrected chi connectivity index (χ4v) is 1.88. The Morgan fingerprint density at radius 1 is 1.43 bits per heavy atom. The number of carboxylic acid groups (broad SMARTS) is 1. The van der Waals surface area contributed by atoms with E-state index in [-0.39, 0.29) is 5.92 Å². The molecule has 1 aromatic carbocycles. The van der Waals surface area contributed by atoms with Crippen LogP contribution in [0, 0.1) is 17.2 Å². The topological polar surface area (TPSA) is 93.4 Å². The summed E-state index contributed by atoms with van der Waals surface area (Å²) in [6.45, 7) is 3.63. The van der Waals surface area contributed by atoms with Crippen LogP contribution in [0.4, 0.5) is 10.5 Å². The molecule has 2 atom stereocenters. The normalized spacial score (nSPS) is 12.9. The summed E-state index contributed by atoms with van der Waals surface area (Å²) in [7, 11) is 1.50. The number of carbonyl (C=O) groups is 2. The molecule has 1 aromatic rings. The Morgan fingerprint density at radius 2 is 2.05 bits per heavy atom. The number of amides is 2. The number of nitriles is 1. The van der Waals surface area contributed by atoms with Gasteiger partial charge in [0, 0.05) is 7.05 Å². The number of benzene rings is 1. The minimum atomic E-state index is -1.07. The Bertz CT molecular complexity index is 566. The molecule has 0 saturated heterocycles. The van der Waals surface area contributed by atoms with E-state index in [0.717, 1.165) is 0 Å². The average Bonchev–Trinajstić information content (AvgIpc) is 2.50. The molecule has 0 radical (unpaired) electrons. The highest BCUT2D eigenvalue weighted by molar-refractivity contribution is 5.95. The molecule has 0 unspecified atom stereocenters. The summed E-state index contributed by atoms with van der Waals surface area (Å²) in [6.07, 6.45) is 0.635. The molecular formula is C15H19N3O3. The quantitative estimate of drug-likeness (QED) is 0.869. The zero-order chi connectivity index (χ0) is 16.0. The summed E-state index contributed by atoms with van der Waals surface area (Å²) < 4.78 is 0. The van der Waals surface area contributed by atoms with Crippen LogP contribution in [0.15, 0.2) is 24.3 Å². The molecule has 6 heteroatoms. The van der Waals surface area contributed by atoms with Crippen molar-refractivity contribution in [3.05, 3.63) is 29.8 Å². The molecule has 0 aliphatic rings. The van der Waals surface area contributed by atoms with E-state index in [1.54, 1.807) is 31.2 Å². The summed E-state index contributed by atoms with van der Waals surface area (Å²) in [5.74, 6) is -1.26. The first-order valence-corrected chi connectivity index (χ1v) is 6.68. The van der Waals surface area contributed by atoms with Crippen molar-refractivity contribution in [2.45, 2.75) is 26.3 Å². The maximum absolute atomic E-state index is 12.2. The van der Waals surface area contributed by atoms with Crippen LogP contribution in [0.3, 0.4) is 0 Å². The molecule has 0 spiro atoms. The molecule has 0 aliphatic heterocycles. The number of urea groups is 1. The number of hydrogen-bond acceptors (Lipinski definition) is 3. The van der Waals surface area contributed by atoms with Crippen LogP contribution in [0.25, 0.3) is 0 Å². The maximum atomic E-state index is 12.2. The lowest BCUT2D eigenvalue weighted by atomic mass is 9.99. The molecule has 112 valence electrons. The molecule has 0 fully saturated rings. The molecule has 6 nitrogen and oxygen atoms in total. The molecule has 0 saturated carbocycles. The SMILES string of the molecule is CC[C@H](C)[C@H](NC(=O)N(C)c1ccccc1C#N)C(=O)O. The van der Waals surface area contributed by atoms with E-state index in [2.05, 4.69) is 5.32 Å². The third kappa shape index (κ3) is 3.96. The molecule has 0 heterocycles. The number of nitrogens with one attached hydrogen (secondary N) is 1. The van der Waals surface area contributed by atoms with Crippen molar-refractivity contribution in [3.63, 3.8) is 0 Å². The average molecular weight is 289 g/mol. The van der Waals surface area contributed by atoms with Crippen LogP contribution in [0.5, 0.6) is 0 Å². The summed E-state index contributed by atoms with van der Waals surface area (Å²) in [5.41, 5.74) is 0.788. The molecule has 2 amide bonds. The van der Waals surface area contributed by atoms with Gasteiger partial charge in [0.15, 0.2) is 0 Å². The van der Waals surface area contributed by atoms with E-state index in [1.165, 1.54) is 11.9 Å². The van der Waals surface area contributed by atoms with Gasteiger partial charge in [0.1, 0.15) is 12.1 Å². The predicted molar refractivity (Wildman–Crippen MR) is 79.0 cm³/mol. The highest BCUT2D eigenvalue weighted by atomic mass is 16.4. The van der Waals surface area contributed by atoms with Gasteiger partial charge in [-0.05, 0) is 18.1 Å². The number of nitrogens with zero attached hydrogens (tertiary/aromatic N) is 2. The van der Waals surface area contributed by atoms with Crippen molar-refractivity contribution in [2.75, 3.05) is 11.9 Å². The van der Waals surface area contributed by atoms with Gasteiger partial charge in [0.25, 0.3) is 0 Å². The van der Waals surface area contributed by atoms with E-state index in [9.17, 15) is 14.7 Å². The lowest BCUT2D eigenvalue weighted by molar-refractivity contribution is -0.140. The number of rotatable bonds is 5. The van der Waals surface area contributed by atoms with Crippen LogP contribution in [-0.4, -0.2) is 30.2 Å². The van der Waals surface area contributed by atoms with Crippen molar-refractivity contribution in [1.29, 1.82) is 5.26 Å². The molecule has 0 bridgehead atoms. The van der Waals surface area contributed by atoms with E-state index in [1.807, 2.05) is 13.0 Å². The Balaban J connectivity index is 2.92. The van der Waals surface area contributed by atoms with Crippen LogP contribution >= 0.6 is 0 Å². The van der Waals surface area contributed by atoms with Crippen LogP contribution in [0.1, 0.15) is 25.8 Å². The van der Waals surface area contributed by atoms with E-state index in [0.29, 0.717) is 17.7 Å². The van der Waals surface area contributed by atoms with Crippen molar-refractivity contribution < 1.29 is 14.7 Å². The van der Waals surface area contributed by atoms with Crippen molar-refractivity contribution in [3.8, 4) is 6.07 Å². The van der Waals surface area contributed by atoms with Crippen LogP contribution in [-0.2, 0) is 4.79 Å². The van der Waals surface area contributed by atoms with Gasteiger partial charge in [-0.25, -0.2) is 9.59 Å². The number of carboxylic acids is 1. The predicted octanol–water partition coefficient (Wildman–Crippen LogP) is 2.20. The van der Waals surface area contributed by atoms with Crippen LogP contribution in [0.2, 0.25) is 0 Å². The standard InChI is InChI=1S/C15H19N3O3/c1-4-10(2)13(14(19)20)17-15(21)18(3)12-8-6-5-7-11(12)9-16/h5-8,10,13H,4H2,1-3H3,(H,17,21)(H,19,20)/t10-,13-/m0/s1. The lowest BCUT2D eigenvalue weighted by Gasteiger charge is -2.25. The third-order valence-electron chi connectivity index (χ3n) is 3.45. The number of para-hydroxylation sites is 1. The van der Waals surface area contributed by atoms with E-state index in [4.69, 9.17) is 5.26 Å². The lowest BCUT2D eigenvalue weighted by Crippen LogP contribution is -2.49. The van der Waals surface area contributed by atoms with Crippen molar-refractivity contribution in [1.82, 2.24) is 5.32 Å². The monoisotopic (exact) mass is 289 g/mol. The first-order chi connectivity index (χ1) is 9.92. The van der Waals surface area contributed by atoms with Crippen molar-refractivity contribution in [2.24, 2.45) is 5.92 Å². The Labute approximate surface area is 124 Å². The summed E-state index contributed by atoms with van der Waals surface area (Å²) in [5, 5.41) is 20.7.